The number of benzene rings is 1. The Morgan fingerprint density at radius 3 is 2.62 bits per heavy atom. The predicted molar refractivity (Wildman–Crippen MR) is 80.6 cm³/mol. The molecule has 1 aromatic carbocycles. The van der Waals surface area contributed by atoms with E-state index >= 15 is 0 Å². The summed E-state index contributed by atoms with van der Waals surface area (Å²) >= 11 is 0. The molecule has 0 aliphatic heterocycles. The molecule has 0 aliphatic rings. The highest BCUT2D eigenvalue weighted by Gasteiger charge is 2.20. The number of aliphatic hydroxyl groups is 1. The molecule has 1 atom stereocenters. The standard InChI is InChI=1S/C17H17FN2O/c1-3-14(21)16-15(12-6-8-13(18)9-7-12)19-17-11(2)5-4-10-20(16)17/h4-10,14,21H,3H2,1-2H3. The Bertz CT molecular complexity index is 777. The van der Waals surface area contributed by atoms with E-state index in [1.54, 1.807) is 12.1 Å². The van der Waals surface area contributed by atoms with Crippen LogP contribution in [0.4, 0.5) is 4.39 Å². The molecule has 21 heavy (non-hydrogen) atoms. The number of hydrogen-bond acceptors (Lipinski definition) is 2. The van der Waals surface area contributed by atoms with Gasteiger partial charge in [-0.15, -0.1) is 0 Å². The van der Waals surface area contributed by atoms with E-state index < -0.39 is 6.10 Å². The summed E-state index contributed by atoms with van der Waals surface area (Å²) in [4.78, 5) is 4.66. The first-order valence-corrected chi connectivity index (χ1v) is 7.03. The summed E-state index contributed by atoms with van der Waals surface area (Å²) in [6.45, 7) is 3.91. The molecule has 108 valence electrons. The lowest BCUT2D eigenvalue weighted by Gasteiger charge is -2.11. The number of halogens is 1. The molecule has 3 rings (SSSR count). The number of aromatic nitrogens is 2. The van der Waals surface area contributed by atoms with Crippen molar-refractivity contribution >= 4 is 5.65 Å². The van der Waals surface area contributed by atoms with Gasteiger partial charge >= 0.3 is 0 Å². The lowest BCUT2D eigenvalue weighted by molar-refractivity contribution is 0.168. The second-order valence-corrected chi connectivity index (χ2v) is 5.16. The molecule has 0 amide bonds. The first-order chi connectivity index (χ1) is 10.1. The molecular formula is C17H17FN2O. The quantitative estimate of drug-likeness (QED) is 0.792. The molecule has 3 aromatic rings. The molecule has 4 heteroatoms. The second-order valence-electron chi connectivity index (χ2n) is 5.16. The summed E-state index contributed by atoms with van der Waals surface area (Å²) in [5.41, 5.74) is 4.12. The van der Waals surface area contributed by atoms with E-state index in [1.165, 1.54) is 12.1 Å². The van der Waals surface area contributed by atoms with E-state index in [0.29, 0.717) is 12.1 Å². The van der Waals surface area contributed by atoms with Gasteiger partial charge in [-0.2, -0.15) is 0 Å². The van der Waals surface area contributed by atoms with Crippen LogP contribution in [0.15, 0.2) is 42.6 Å². The summed E-state index contributed by atoms with van der Waals surface area (Å²) in [7, 11) is 0. The molecule has 3 nitrogen and oxygen atoms in total. The van der Waals surface area contributed by atoms with Crippen LogP contribution in [0.1, 0.15) is 30.7 Å². The molecule has 1 N–H and O–H groups in total. The number of pyridine rings is 1. The van der Waals surface area contributed by atoms with Crippen LogP contribution >= 0.6 is 0 Å². The Morgan fingerprint density at radius 2 is 1.95 bits per heavy atom. The second kappa shape index (κ2) is 5.30. The van der Waals surface area contributed by atoms with Crippen LogP contribution in [0.5, 0.6) is 0 Å². The first-order valence-electron chi connectivity index (χ1n) is 7.03. The Hall–Kier alpha value is -2.20. The van der Waals surface area contributed by atoms with E-state index in [1.807, 2.05) is 36.6 Å². The van der Waals surface area contributed by atoms with Crippen molar-refractivity contribution in [2.75, 3.05) is 0 Å². The average Bonchev–Trinajstić information content (AvgIpc) is 2.88. The van der Waals surface area contributed by atoms with Gasteiger partial charge in [-0.25, -0.2) is 9.37 Å². The number of hydrogen-bond donors (Lipinski definition) is 1. The third kappa shape index (κ3) is 2.32. The lowest BCUT2D eigenvalue weighted by Crippen LogP contribution is -2.02. The minimum absolute atomic E-state index is 0.281. The summed E-state index contributed by atoms with van der Waals surface area (Å²) in [6.07, 6.45) is 1.88. The van der Waals surface area contributed by atoms with Crippen LogP contribution in [0.3, 0.4) is 0 Å². The van der Waals surface area contributed by atoms with Crippen LogP contribution in [0.2, 0.25) is 0 Å². The van der Waals surface area contributed by atoms with Gasteiger partial charge in [0.05, 0.1) is 17.5 Å². The molecule has 2 heterocycles. The highest BCUT2D eigenvalue weighted by molar-refractivity contribution is 5.68. The Kier molecular flexibility index (Phi) is 3.47. The van der Waals surface area contributed by atoms with Crippen molar-refractivity contribution in [1.29, 1.82) is 0 Å². The smallest absolute Gasteiger partial charge is 0.140 e. The monoisotopic (exact) mass is 284 g/mol. The third-order valence-electron chi connectivity index (χ3n) is 3.70. The fraction of sp³-hybridized carbons (Fsp3) is 0.235. The molecule has 1 unspecified atom stereocenters. The maximum atomic E-state index is 13.1. The zero-order valence-corrected chi connectivity index (χ0v) is 12.0. The summed E-state index contributed by atoms with van der Waals surface area (Å²) < 4.78 is 15.0. The average molecular weight is 284 g/mol. The van der Waals surface area contributed by atoms with Crippen molar-refractivity contribution in [3.63, 3.8) is 0 Å². The van der Waals surface area contributed by atoms with Crippen molar-refractivity contribution in [2.24, 2.45) is 0 Å². The van der Waals surface area contributed by atoms with Crippen LogP contribution < -0.4 is 0 Å². The molecule has 0 radical (unpaired) electrons. The maximum absolute atomic E-state index is 13.1. The zero-order chi connectivity index (χ0) is 15.0. The minimum atomic E-state index is -0.609. The highest BCUT2D eigenvalue weighted by atomic mass is 19.1. The van der Waals surface area contributed by atoms with Gasteiger partial charge in [0.15, 0.2) is 0 Å². The van der Waals surface area contributed by atoms with E-state index in [-0.39, 0.29) is 5.82 Å². The Balaban J connectivity index is 2.30. The van der Waals surface area contributed by atoms with Crippen LogP contribution in [-0.4, -0.2) is 14.5 Å². The molecule has 0 bridgehead atoms. The van der Waals surface area contributed by atoms with Gasteiger partial charge in [-0.05, 0) is 49.2 Å². The number of aryl methyl sites for hydroxylation is 1. The molecular weight excluding hydrogens is 267 g/mol. The van der Waals surface area contributed by atoms with Gasteiger partial charge in [0.25, 0.3) is 0 Å². The summed E-state index contributed by atoms with van der Waals surface area (Å²) in [6, 6.07) is 10.1. The molecule has 0 spiro atoms. The fourth-order valence-electron chi connectivity index (χ4n) is 2.55. The molecule has 0 fully saturated rings. The lowest BCUT2D eigenvalue weighted by atomic mass is 10.1. The predicted octanol–water partition coefficient (Wildman–Crippen LogP) is 3.89. The van der Waals surface area contributed by atoms with Crippen molar-refractivity contribution in [3.05, 3.63) is 59.7 Å². The van der Waals surface area contributed by atoms with Gasteiger partial charge in [-0.3, -0.25) is 0 Å². The van der Waals surface area contributed by atoms with Crippen molar-refractivity contribution < 1.29 is 9.50 Å². The number of aliphatic hydroxyl groups excluding tert-OH is 1. The van der Waals surface area contributed by atoms with Crippen LogP contribution in [0.25, 0.3) is 16.9 Å². The number of imidazole rings is 1. The molecule has 2 aromatic heterocycles. The minimum Gasteiger partial charge on any atom is -0.387 e. The van der Waals surface area contributed by atoms with Crippen LogP contribution in [0, 0.1) is 12.7 Å². The maximum Gasteiger partial charge on any atom is 0.140 e. The normalized spacial score (nSPS) is 12.8. The SMILES string of the molecule is CCC(O)c1c(-c2ccc(F)cc2)nc2c(C)cccn12. The van der Waals surface area contributed by atoms with Crippen molar-refractivity contribution in [3.8, 4) is 11.3 Å². The topological polar surface area (TPSA) is 37.5 Å². The highest BCUT2D eigenvalue weighted by Crippen LogP contribution is 2.31. The largest absolute Gasteiger partial charge is 0.387 e. The van der Waals surface area contributed by atoms with Crippen molar-refractivity contribution in [2.45, 2.75) is 26.4 Å². The summed E-state index contributed by atoms with van der Waals surface area (Å²) in [5, 5.41) is 10.4. The van der Waals surface area contributed by atoms with Gasteiger partial charge in [-0.1, -0.05) is 13.0 Å². The number of rotatable bonds is 3. The van der Waals surface area contributed by atoms with Gasteiger partial charge in [0.1, 0.15) is 11.5 Å². The zero-order valence-electron chi connectivity index (χ0n) is 12.0. The van der Waals surface area contributed by atoms with E-state index in [2.05, 4.69) is 4.98 Å². The molecule has 0 saturated heterocycles. The number of fused-ring (bicyclic) bond motifs is 1. The van der Waals surface area contributed by atoms with E-state index in [4.69, 9.17) is 0 Å². The van der Waals surface area contributed by atoms with Gasteiger partial charge in [0, 0.05) is 11.8 Å². The number of nitrogens with zero attached hydrogens (tertiary/aromatic N) is 2. The fourth-order valence-corrected chi connectivity index (χ4v) is 2.55. The van der Waals surface area contributed by atoms with Gasteiger partial charge < -0.3 is 9.51 Å². The van der Waals surface area contributed by atoms with Crippen molar-refractivity contribution in [1.82, 2.24) is 9.38 Å². The Morgan fingerprint density at radius 1 is 1.24 bits per heavy atom. The summed E-state index contributed by atoms with van der Waals surface area (Å²) in [5.74, 6) is -0.281. The first kappa shape index (κ1) is 13.8. The van der Waals surface area contributed by atoms with E-state index in [9.17, 15) is 9.50 Å². The Labute approximate surface area is 122 Å². The van der Waals surface area contributed by atoms with E-state index in [0.717, 1.165) is 22.5 Å². The van der Waals surface area contributed by atoms with Gasteiger partial charge in [0.2, 0.25) is 0 Å². The third-order valence-corrected chi connectivity index (χ3v) is 3.70. The van der Waals surface area contributed by atoms with Crippen LogP contribution in [-0.2, 0) is 0 Å². The molecule has 0 saturated carbocycles. The molecule has 0 aliphatic carbocycles.